The minimum Gasteiger partial charge on any atom is -0.355 e. The summed E-state index contributed by atoms with van der Waals surface area (Å²) in [6.45, 7) is 8.87. The lowest BCUT2D eigenvalue weighted by atomic mass is 10.4. The third-order valence-corrected chi connectivity index (χ3v) is 2.66. The van der Waals surface area contributed by atoms with Crippen LogP contribution in [0.2, 0.25) is 0 Å². The summed E-state index contributed by atoms with van der Waals surface area (Å²) in [5.74, 6) is 1.54. The quantitative estimate of drug-likeness (QED) is 0.823. The van der Waals surface area contributed by atoms with E-state index in [9.17, 15) is 0 Å². The van der Waals surface area contributed by atoms with Crippen LogP contribution in [0.1, 0.15) is 20.8 Å². The van der Waals surface area contributed by atoms with Gasteiger partial charge >= 0.3 is 0 Å². The molecule has 0 saturated heterocycles. The molecule has 17 heavy (non-hydrogen) atoms. The molecule has 2 rings (SSSR count). The fraction of sp³-hybridized carbons (Fsp3) is 0.545. The smallest absolute Gasteiger partial charge is 0.226 e. The Morgan fingerprint density at radius 3 is 2.65 bits per heavy atom. The average molecular weight is 234 g/mol. The number of aromatic nitrogens is 4. The summed E-state index contributed by atoms with van der Waals surface area (Å²) in [5, 5.41) is 3.13. The normalized spacial score (nSPS) is 10.8. The van der Waals surface area contributed by atoms with E-state index in [1.165, 1.54) is 0 Å². The second-order valence-corrected chi connectivity index (χ2v) is 3.67. The first-order valence-corrected chi connectivity index (χ1v) is 6.00. The van der Waals surface area contributed by atoms with Gasteiger partial charge in [0.15, 0.2) is 11.5 Å². The average Bonchev–Trinajstić information content (AvgIpc) is 2.79. The highest BCUT2D eigenvalue weighted by Gasteiger charge is 2.13. The molecule has 0 spiro atoms. The van der Waals surface area contributed by atoms with Crippen molar-refractivity contribution in [1.82, 2.24) is 19.9 Å². The lowest BCUT2D eigenvalue weighted by Crippen LogP contribution is -2.24. The maximum absolute atomic E-state index is 4.54. The molecule has 2 aromatic heterocycles. The van der Waals surface area contributed by atoms with Crippen molar-refractivity contribution in [2.24, 2.45) is 0 Å². The van der Waals surface area contributed by atoms with E-state index < -0.39 is 0 Å². The number of aromatic amines is 1. The summed E-state index contributed by atoms with van der Waals surface area (Å²) < 4.78 is 0. The maximum Gasteiger partial charge on any atom is 0.226 e. The summed E-state index contributed by atoms with van der Waals surface area (Å²) in [4.78, 5) is 18.4. The molecule has 0 saturated carbocycles. The Labute approximate surface area is 100 Å². The van der Waals surface area contributed by atoms with Gasteiger partial charge in [0.05, 0.1) is 6.33 Å². The molecule has 2 aromatic rings. The molecule has 0 fully saturated rings. The molecule has 6 heteroatoms. The van der Waals surface area contributed by atoms with Gasteiger partial charge in [0.2, 0.25) is 5.95 Å². The van der Waals surface area contributed by atoms with Crippen molar-refractivity contribution in [1.29, 1.82) is 0 Å². The van der Waals surface area contributed by atoms with Gasteiger partial charge < -0.3 is 15.2 Å². The van der Waals surface area contributed by atoms with Crippen LogP contribution in [0.4, 0.5) is 11.8 Å². The topological polar surface area (TPSA) is 69.7 Å². The van der Waals surface area contributed by atoms with Gasteiger partial charge in [0.25, 0.3) is 0 Å². The van der Waals surface area contributed by atoms with Crippen LogP contribution < -0.4 is 10.2 Å². The number of imidazole rings is 1. The maximum atomic E-state index is 4.54. The predicted octanol–water partition coefficient (Wildman–Crippen LogP) is 1.63. The number of rotatable bonds is 5. The molecule has 6 nitrogen and oxygen atoms in total. The molecular weight excluding hydrogens is 216 g/mol. The SMILES string of the molecule is CCNc1nc(N(CC)CC)c2[nH]cnc2n1. The van der Waals surface area contributed by atoms with Crippen LogP contribution >= 0.6 is 0 Å². The third-order valence-electron chi connectivity index (χ3n) is 2.66. The van der Waals surface area contributed by atoms with E-state index in [4.69, 9.17) is 0 Å². The van der Waals surface area contributed by atoms with Crippen LogP contribution in [0.25, 0.3) is 11.2 Å². The largest absolute Gasteiger partial charge is 0.355 e. The highest BCUT2D eigenvalue weighted by Crippen LogP contribution is 2.22. The molecule has 0 aliphatic rings. The zero-order valence-electron chi connectivity index (χ0n) is 10.5. The molecule has 0 unspecified atom stereocenters. The molecule has 2 heterocycles. The van der Waals surface area contributed by atoms with Crippen molar-refractivity contribution in [2.45, 2.75) is 20.8 Å². The predicted molar refractivity (Wildman–Crippen MR) is 69.4 cm³/mol. The Balaban J connectivity index is 2.53. The zero-order valence-corrected chi connectivity index (χ0v) is 10.5. The van der Waals surface area contributed by atoms with E-state index in [0.717, 1.165) is 31.0 Å². The lowest BCUT2D eigenvalue weighted by Gasteiger charge is -2.20. The summed E-state index contributed by atoms with van der Waals surface area (Å²) >= 11 is 0. The van der Waals surface area contributed by atoms with Crippen molar-refractivity contribution >= 4 is 22.9 Å². The number of H-pyrrole nitrogens is 1. The van der Waals surface area contributed by atoms with Gasteiger partial charge in [-0.1, -0.05) is 0 Å². The molecule has 92 valence electrons. The van der Waals surface area contributed by atoms with Crippen molar-refractivity contribution in [3.8, 4) is 0 Å². The molecule has 0 aliphatic heterocycles. The highest BCUT2D eigenvalue weighted by atomic mass is 15.2. The van der Waals surface area contributed by atoms with Crippen LogP contribution in [-0.4, -0.2) is 39.6 Å². The Kier molecular flexibility index (Phi) is 3.41. The van der Waals surface area contributed by atoms with Gasteiger partial charge in [-0.3, -0.25) is 0 Å². The van der Waals surface area contributed by atoms with Crippen LogP contribution in [-0.2, 0) is 0 Å². The van der Waals surface area contributed by atoms with Crippen molar-refractivity contribution in [2.75, 3.05) is 29.9 Å². The van der Waals surface area contributed by atoms with Crippen molar-refractivity contribution in [3.05, 3.63) is 6.33 Å². The minimum atomic E-state index is 0.633. The van der Waals surface area contributed by atoms with E-state index in [1.54, 1.807) is 6.33 Å². The monoisotopic (exact) mass is 234 g/mol. The number of hydrogen-bond acceptors (Lipinski definition) is 5. The second kappa shape index (κ2) is 4.99. The van der Waals surface area contributed by atoms with Crippen LogP contribution in [0, 0.1) is 0 Å². The summed E-state index contributed by atoms with van der Waals surface area (Å²) in [7, 11) is 0. The first kappa shape index (κ1) is 11.6. The molecular formula is C11H18N6. The number of nitrogens with zero attached hydrogens (tertiary/aromatic N) is 4. The first-order chi connectivity index (χ1) is 8.30. The van der Waals surface area contributed by atoms with Crippen LogP contribution in [0.15, 0.2) is 6.33 Å². The number of fused-ring (bicyclic) bond motifs is 1. The minimum absolute atomic E-state index is 0.633. The van der Waals surface area contributed by atoms with Gasteiger partial charge in [0.1, 0.15) is 5.52 Å². The van der Waals surface area contributed by atoms with Crippen molar-refractivity contribution in [3.63, 3.8) is 0 Å². The Morgan fingerprint density at radius 1 is 1.24 bits per heavy atom. The number of anilines is 2. The fourth-order valence-corrected chi connectivity index (χ4v) is 1.81. The Morgan fingerprint density at radius 2 is 2.00 bits per heavy atom. The van der Waals surface area contributed by atoms with Crippen LogP contribution in [0.3, 0.4) is 0 Å². The van der Waals surface area contributed by atoms with E-state index in [-0.39, 0.29) is 0 Å². The number of hydrogen-bond donors (Lipinski definition) is 2. The van der Waals surface area contributed by atoms with E-state index in [1.807, 2.05) is 6.92 Å². The van der Waals surface area contributed by atoms with E-state index in [0.29, 0.717) is 11.6 Å². The van der Waals surface area contributed by atoms with Gasteiger partial charge in [0, 0.05) is 19.6 Å². The molecule has 0 radical (unpaired) electrons. The highest BCUT2D eigenvalue weighted by molar-refractivity contribution is 5.84. The molecule has 0 amide bonds. The van der Waals surface area contributed by atoms with Gasteiger partial charge in [-0.15, -0.1) is 0 Å². The second-order valence-electron chi connectivity index (χ2n) is 3.67. The standard InChI is InChI=1S/C11H18N6/c1-4-12-11-15-9-8(13-7-14-9)10(16-11)17(5-2)6-3/h7H,4-6H2,1-3H3,(H2,12,13,14,15,16). The molecule has 0 bridgehead atoms. The summed E-state index contributed by atoms with van der Waals surface area (Å²) in [6.07, 6.45) is 1.65. The van der Waals surface area contributed by atoms with Gasteiger partial charge in [-0.2, -0.15) is 9.97 Å². The fourth-order valence-electron chi connectivity index (χ4n) is 1.81. The van der Waals surface area contributed by atoms with E-state index in [2.05, 4.69) is 44.0 Å². The zero-order chi connectivity index (χ0) is 12.3. The van der Waals surface area contributed by atoms with E-state index >= 15 is 0 Å². The molecule has 2 N–H and O–H groups in total. The number of nitrogens with one attached hydrogen (secondary N) is 2. The third kappa shape index (κ3) is 2.15. The van der Waals surface area contributed by atoms with Gasteiger partial charge in [-0.25, -0.2) is 4.98 Å². The van der Waals surface area contributed by atoms with Gasteiger partial charge in [-0.05, 0) is 20.8 Å². The summed E-state index contributed by atoms with van der Waals surface area (Å²) in [6, 6.07) is 0. The lowest BCUT2D eigenvalue weighted by molar-refractivity contribution is 0.847. The van der Waals surface area contributed by atoms with Crippen molar-refractivity contribution < 1.29 is 0 Å². The molecule has 0 atom stereocenters. The molecule has 0 aliphatic carbocycles. The first-order valence-electron chi connectivity index (χ1n) is 6.00. The Hall–Kier alpha value is -1.85. The summed E-state index contributed by atoms with van der Waals surface area (Å²) in [5.41, 5.74) is 1.60. The van der Waals surface area contributed by atoms with Crippen LogP contribution in [0.5, 0.6) is 0 Å². The molecule has 0 aromatic carbocycles. The Bertz CT molecular complexity index is 488.